The van der Waals surface area contributed by atoms with Gasteiger partial charge in [-0.15, -0.1) is 0 Å². The topological polar surface area (TPSA) is 38.1 Å². The highest BCUT2D eigenvalue weighted by Gasteiger charge is 2.33. The number of hydrogen-bond donors (Lipinski definition) is 0. The normalized spacial score (nSPS) is 11.5. The number of likely N-dealkylation sites (N-methyl/N-ethyl adjacent to an activating group) is 1. The molecule has 0 bridgehead atoms. The number of carbonyl (C=O) groups excluding carboxylic acids is 1. The van der Waals surface area contributed by atoms with E-state index in [0.717, 1.165) is 6.07 Å². The molecule has 0 unspecified atom stereocenters. The number of aromatic nitrogens is 2. The van der Waals surface area contributed by atoms with Crippen LogP contribution in [0.2, 0.25) is 0 Å². The van der Waals surface area contributed by atoms with Crippen molar-refractivity contribution in [2.75, 3.05) is 13.1 Å². The lowest BCUT2D eigenvalue weighted by Gasteiger charge is -2.22. The predicted octanol–water partition coefficient (Wildman–Crippen LogP) is 2.99. The Kier molecular flexibility index (Phi) is 5.41. The predicted molar refractivity (Wildman–Crippen MR) is 79.6 cm³/mol. The molecule has 1 aromatic heterocycles. The maximum atomic E-state index is 13.0. The molecule has 7 heteroatoms. The van der Waals surface area contributed by atoms with Gasteiger partial charge in [0.05, 0.1) is 18.5 Å². The van der Waals surface area contributed by atoms with Crippen molar-refractivity contribution in [1.29, 1.82) is 0 Å². The fourth-order valence-corrected chi connectivity index (χ4v) is 2.34. The number of benzene rings is 1. The highest BCUT2D eigenvalue weighted by molar-refractivity contribution is 5.79. The first-order valence-electron chi connectivity index (χ1n) is 7.32. The van der Waals surface area contributed by atoms with E-state index in [0.29, 0.717) is 19.6 Å². The summed E-state index contributed by atoms with van der Waals surface area (Å²) in [4.78, 5) is 13.8. The van der Waals surface area contributed by atoms with E-state index >= 15 is 0 Å². The fourth-order valence-electron chi connectivity index (χ4n) is 2.34. The van der Waals surface area contributed by atoms with E-state index in [1.54, 1.807) is 30.1 Å². The van der Waals surface area contributed by atoms with Crippen LogP contribution in [0.4, 0.5) is 13.2 Å². The first kappa shape index (κ1) is 17.1. The van der Waals surface area contributed by atoms with Crippen LogP contribution in [0.1, 0.15) is 18.1 Å². The molecule has 0 aliphatic heterocycles. The molecule has 0 saturated heterocycles. The lowest BCUT2D eigenvalue weighted by molar-refractivity contribution is -0.138. The van der Waals surface area contributed by atoms with E-state index in [4.69, 9.17) is 0 Å². The Hall–Kier alpha value is -2.31. The summed E-state index contributed by atoms with van der Waals surface area (Å²) < 4.78 is 40.6. The summed E-state index contributed by atoms with van der Waals surface area (Å²) >= 11 is 0. The summed E-state index contributed by atoms with van der Waals surface area (Å²) in [5.41, 5.74) is -0.751. The van der Waals surface area contributed by atoms with Crippen molar-refractivity contribution in [1.82, 2.24) is 14.7 Å². The molecular weight excluding hydrogens is 307 g/mol. The van der Waals surface area contributed by atoms with Crippen molar-refractivity contribution < 1.29 is 18.0 Å². The van der Waals surface area contributed by atoms with E-state index in [9.17, 15) is 18.0 Å². The van der Waals surface area contributed by atoms with Crippen molar-refractivity contribution in [3.05, 3.63) is 53.9 Å². The van der Waals surface area contributed by atoms with Gasteiger partial charge in [0.25, 0.3) is 0 Å². The number of carbonyl (C=O) groups is 1. The molecule has 0 saturated carbocycles. The fraction of sp³-hybridized carbons (Fsp3) is 0.375. The third-order valence-corrected chi connectivity index (χ3v) is 3.56. The summed E-state index contributed by atoms with van der Waals surface area (Å²) in [6.45, 7) is 3.16. The van der Waals surface area contributed by atoms with Crippen molar-refractivity contribution >= 4 is 5.91 Å². The van der Waals surface area contributed by atoms with Gasteiger partial charge in [0.15, 0.2) is 0 Å². The number of nitrogens with zero attached hydrogens (tertiary/aromatic N) is 3. The molecule has 4 nitrogen and oxygen atoms in total. The van der Waals surface area contributed by atoms with Crippen LogP contribution >= 0.6 is 0 Å². The molecule has 1 heterocycles. The molecule has 0 spiro atoms. The smallest absolute Gasteiger partial charge is 0.341 e. The molecule has 2 aromatic rings. The Morgan fingerprint density at radius 2 is 2.00 bits per heavy atom. The second kappa shape index (κ2) is 7.30. The number of hydrogen-bond acceptors (Lipinski definition) is 2. The SMILES string of the molecule is CCN(CCn1cccn1)C(=O)Cc1ccccc1C(F)(F)F. The minimum absolute atomic E-state index is 0.00235. The van der Waals surface area contributed by atoms with Crippen LogP contribution in [0.5, 0.6) is 0 Å². The second-order valence-corrected chi connectivity index (χ2v) is 5.07. The van der Waals surface area contributed by atoms with Crippen molar-refractivity contribution in [2.24, 2.45) is 0 Å². The Labute approximate surface area is 132 Å². The molecular formula is C16H18F3N3O. The largest absolute Gasteiger partial charge is 0.416 e. The summed E-state index contributed by atoms with van der Waals surface area (Å²) in [7, 11) is 0. The van der Waals surface area contributed by atoms with Gasteiger partial charge >= 0.3 is 6.18 Å². The lowest BCUT2D eigenvalue weighted by Crippen LogP contribution is -2.35. The number of halogens is 3. The number of alkyl halides is 3. The molecule has 0 radical (unpaired) electrons. The summed E-state index contributed by atoms with van der Waals surface area (Å²) in [6.07, 6.45) is -1.30. The Morgan fingerprint density at radius 1 is 1.26 bits per heavy atom. The summed E-state index contributed by atoms with van der Waals surface area (Å²) in [6, 6.07) is 6.96. The molecule has 0 fully saturated rings. The van der Waals surface area contributed by atoms with Crippen molar-refractivity contribution in [3.63, 3.8) is 0 Å². The number of amides is 1. The first-order valence-corrected chi connectivity index (χ1v) is 7.32. The molecule has 0 aliphatic carbocycles. The molecule has 1 amide bonds. The van der Waals surface area contributed by atoms with E-state index in [1.165, 1.54) is 23.1 Å². The first-order chi connectivity index (χ1) is 10.9. The standard InChI is InChI=1S/C16H18F3N3O/c1-2-21(10-11-22-9-5-8-20-22)15(23)12-13-6-3-4-7-14(13)16(17,18)19/h3-9H,2,10-12H2,1H3. The van der Waals surface area contributed by atoms with Gasteiger partial charge in [0.1, 0.15) is 0 Å². The molecule has 0 atom stereocenters. The van der Waals surface area contributed by atoms with Gasteiger partial charge in [-0.25, -0.2) is 0 Å². The van der Waals surface area contributed by atoms with Crippen LogP contribution in [0, 0.1) is 0 Å². The molecule has 0 aliphatic rings. The molecule has 1 aromatic carbocycles. The van der Waals surface area contributed by atoms with Crippen LogP contribution < -0.4 is 0 Å². The van der Waals surface area contributed by atoms with Gasteiger partial charge in [-0.1, -0.05) is 18.2 Å². The van der Waals surface area contributed by atoms with Gasteiger partial charge < -0.3 is 4.90 Å². The molecule has 0 N–H and O–H groups in total. The molecule has 124 valence electrons. The third kappa shape index (κ3) is 4.58. The zero-order valence-corrected chi connectivity index (χ0v) is 12.8. The van der Waals surface area contributed by atoms with E-state index in [2.05, 4.69) is 5.10 Å². The van der Waals surface area contributed by atoms with Crippen LogP contribution in [-0.2, 0) is 23.9 Å². The van der Waals surface area contributed by atoms with Crippen LogP contribution in [0.15, 0.2) is 42.7 Å². The van der Waals surface area contributed by atoms with Gasteiger partial charge in [0, 0.05) is 25.5 Å². The Morgan fingerprint density at radius 3 is 2.61 bits per heavy atom. The van der Waals surface area contributed by atoms with Crippen molar-refractivity contribution in [2.45, 2.75) is 26.1 Å². The highest BCUT2D eigenvalue weighted by Crippen LogP contribution is 2.32. The average molecular weight is 325 g/mol. The van der Waals surface area contributed by atoms with E-state index in [1.807, 2.05) is 0 Å². The van der Waals surface area contributed by atoms with Gasteiger partial charge in [0.2, 0.25) is 5.91 Å². The maximum Gasteiger partial charge on any atom is 0.416 e. The van der Waals surface area contributed by atoms with E-state index in [-0.39, 0.29) is 17.9 Å². The maximum absolute atomic E-state index is 13.0. The quantitative estimate of drug-likeness (QED) is 0.819. The van der Waals surface area contributed by atoms with Crippen LogP contribution in [0.3, 0.4) is 0 Å². The lowest BCUT2D eigenvalue weighted by atomic mass is 10.0. The Balaban J connectivity index is 2.05. The number of rotatable bonds is 6. The molecule has 2 rings (SSSR count). The minimum Gasteiger partial charge on any atom is -0.341 e. The van der Waals surface area contributed by atoms with E-state index < -0.39 is 11.7 Å². The van der Waals surface area contributed by atoms with Gasteiger partial charge in [-0.05, 0) is 24.6 Å². The second-order valence-electron chi connectivity index (χ2n) is 5.07. The third-order valence-electron chi connectivity index (χ3n) is 3.56. The summed E-state index contributed by atoms with van der Waals surface area (Å²) in [5, 5.41) is 4.04. The zero-order valence-electron chi connectivity index (χ0n) is 12.8. The van der Waals surface area contributed by atoms with Crippen molar-refractivity contribution in [3.8, 4) is 0 Å². The Bertz CT molecular complexity index is 638. The monoisotopic (exact) mass is 325 g/mol. The molecule has 23 heavy (non-hydrogen) atoms. The summed E-state index contributed by atoms with van der Waals surface area (Å²) in [5.74, 6) is -0.323. The van der Waals surface area contributed by atoms with Gasteiger partial charge in [-0.3, -0.25) is 9.48 Å². The average Bonchev–Trinajstić information content (AvgIpc) is 3.00. The van der Waals surface area contributed by atoms with Crippen LogP contribution in [0.25, 0.3) is 0 Å². The highest BCUT2D eigenvalue weighted by atomic mass is 19.4. The van der Waals surface area contributed by atoms with Gasteiger partial charge in [-0.2, -0.15) is 18.3 Å². The minimum atomic E-state index is -4.46. The zero-order chi connectivity index (χ0) is 16.9. The van der Waals surface area contributed by atoms with Crippen LogP contribution in [-0.4, -0.2) is 33.7 Å².